The number of aromatic amines is 3. The minimum atomic E-state index is -0.0777. The number of aromatic nitrogens is 5. The third-order valence-corrected chi connectivity index (χ3v) is 17.0. The molecule has 10 aromatic rings. The van der Waals surface area contributed by atoms with Crippen molar-refractivity contribution in [3.8, 4) is 11.5 Å². The van der Waals surface area contributed by atoms with E-state index in [0.717, 1.165) is 133 Å². The molecule has 3 aromatic heterocycles. The Morgan fingerprint density at radius 3 is 1.75 bits per heavy atom. The lowest BCUT2D eigenvalue weighted by Crippen LogP contribution is -2.41. The number of hydrogen-bond acceptors (Lipinski definition) is 9. The Kier molecular flexibility index (Phi) is 21.2. The average Bonchev–Trinajstić information content (AvgIpc) is 2.39. The predicted octanol–water partition coefficient (Wildman–Crippen LogP) is 12.2. The van der Waals surface area contributed by atoms with Gasteiger partial charge in [-0.05, 0) is 173 Å². The van der Waals surface area contributed by atoms with Crippen molar-refractivity contribution in [1.29, 1.82) is 0 Å². The van der Waals surface area contributed by atoms with Gasteiger partial charge < -0.3 is 50.1 Å². The monoisotopic (exact) mass is 1220 g/mol. The molecule has 89 heavy (non-hydrogen) atoms. The van der Waals surface area contributed by atoms with E-state index in [0.29, 0.717) is 36.0 Å². The Labute approximate surface area is 524 Å². The van der Waals surface area contributed by atoms with Crippen molar-refractivity contribution in [3.05, 3.63) is 235 Å². The number of phenols is 1. The summed E-state index contributed by atoms with van der Waals surface area (Å²) in [7, 11) is 4.08. The first-order chi connectivity index (χ1) is 43.2. The van der Waals surface area contributed by atoms with Crippen LogP contribution in [0.2, 0.25) is 5.02 Å². The fourth-order valence-electron chi connectivity index (χ4n) is 12.0. The number of imidazole rings is 2. The van der Waals surface area contributed by atoms with Gasteiger partial charge >= 0.3 is 11.4 Å². The Hall–Kier alpha value is -8.93. The van der Waals surface area contributed by atoms with Crippen LogP contribution in [-0.4, -0.2) is 135 Å². The minimum absolute atomic E-state index is 0.0274. The van der Waals surface area contributed by atoms with Crippen molar-refractivity contribution in [2.45, 2.75) is 65.0 Å². The zero-order valence-corrected chi connectivity index (χ0v) is 52.3. The summed E-state index contributed by atoms with van der Waals surface area (Å²) in [5, 5.41) is 17.4. The number of phenolic OH excluding ortho intramolecular Hbond substituents is 1. The molecule has 2 saturated heterocycles. The fraction of sp³-hybridized carbons (Fsp3) is 0.306. The molecule has 2 amide bonds. The lowest BCUT2D eigenvalue weighted by atomic mass is 9.88. The van der Waals surface area contributed by atoms with E-state index < -0.39 is 0 Å². The average molecular weight is 1220 g/mol. The van der Waals surface area contributed by atoms with E-state index >= 15 is 0 Å². The molecule has 2 fully saturated rings. The lowest BCUT2D eigenvalue weighted by Gasteiger charge is -2.32. The van der Waals surface area contributed by atoms with Gasteiger partial charge in [-0.25, -0.2) is 9.59 Å². The summed E-state index contributed by atoms with van der Waals surface area (Å²) in [6.07, 6.45) is 4.57. The number of likely N-dealkylation sites (tertiary alicyclic amines) is 2. The highest BCUT2D eigenvalue weighted by molar-refractivity contribution is 6.31. The molecule has 0 saturated carbocycles. The number of fused-ring (bicyclic) bond motifs is 3. The summed E-state index contributed by atoms with van der Waals surface area (Å²) < 4.78 is 9.63. The third kappa shape index (κ3) is 16.2. The number of nitrogens with one attached hydrogen (secondary N) is 5. The molecule has 2 aliphatic rings. The smallest absolute Gasteiger partial charge is 0.326 e. The molecule has 0 radical (unpaired) electrons. The van der Waals surface area contributed by atoms with Gasteiger partial charge in [0.25, 0.3) is 11.8 Å². The largest absolute Gasteiger partial charge is 0.508 e. The molecule has 17 heteroatoms. The van der Waals surface area contributed by atoms with E-state index in [-0.39, 0.29) is 41.0 Å². The number of ether oxygens (including phenoxy) is 1. The predicted molar refractivity (Wildman–Crippen MR) is 360 cm³/mol. The Balaban J connectivity index is 0.000000147. The molecule has 462 valence electrons. The second-order valence-corrected chi connectivity index (χ2v) is 23.8. The van der Waals surface area contributed by atoms with Crippen LogP contribution < -0.4 is 26.7 Å². The van der Waals surface area contributed by atoms with E-state index in [4.69, 9.17) is 16.3 Å². The number of H-pyrrole nitrogens is 3. The molecule has 0 unspecified atom stereocenters. The molecule has 2 aliphatic heterocycles. The van der Waals surface area contributed by atoms with E-state index in [2.05, 4.69) is 89.7 Å². The first kappa shape index (κ1) is 63.1. The molecule has 7 aromatic carbocycles. The quantitative estimate of drug-likeness (QED) is 0.0454. The molecule has 0 atom stereocenters. The number of nitrogens with zero attached hydrogens (tertiary/aromatic N) is 5. The van der Waals surface area contributed by atoms with Crippen molar-refractivity contribution in [3.63, 3.8) is 0 Å². The zero-order chi connectivity index (χ0) is 62.4. The van der Waals surface area contributed by atoms with Crippen LogP contribution >= 0.6 is 11.6 Å². The summed E-state index contributed by atoms with van der Waals surface area (Å²) in [5.74, 6) is 1.03. The van der Waals surface area contributed by atoms with Gasteiger partial charge in [-0.15, -0.1) is 0 Å². The van der Waals surface area contributed by atoms with Gasteiger partial charge in [-0.1, -0.05) is 115 Å². The Bertz CT molecular complexity index is 4130. The summed E-state index contributed by atoms with van der Waals surface area (Å²) in [6, 6.07) is 55.6. The van der Waals surface area contributed by atoms with Crippen LogP contribution in [0, 0.1) is 13.8 Å². The van der Waals surface area contributed by atoms with Gasteiger partial charge in [-0.3, -0.25) is 18.7 Å². The number of likely N-dealkylation sites (N-methyl/N-ethyl adjacent to an activating group) is 1. The summed E-state index contributed by atoms with van der Waals surface area (Å²) in [4.78, 5) is 65.4. The maximum Gasteiger partial charge on any atom is 0.326 e. The fourth-order valence-corrected chi connectivity index (χ4v) is 12.2. The Morgan fingerprint density at radius 2 is 1.13 bits per heavy atom. The van der Waals surface area contributed by atoms with Crippen LogP contribution in [0.15, 0.2) is 179 Å². The number of hydrogen-bond donors (Lipinski definition) is 6. The summed E-state index contributed by atoms with van der Waals surface area (Å²) in [5.41, 5.74) is 13.9. The van der Waals surface area contributed by atoms with Crippen LogP contribution in [0.25, 0.3) is 44.1 Å². The first-order valence-electron chi connectivity index (χ1n) is 30.9. The molecule has 16 nitrogen and oxygen atoms in total. The highest BCUT2D eigenvalue weighted by atomic mass is 35.5. The number of aromatic hydroxyl groups is 1. The van der Waals surface area contributed by atoms with Gasteiger partial charge in [0.2, 0.25) is 0 Å². The van der Waals surface area contributed by atoms with E-state index in [1.807, 2.05) is 146 Å². The molecule has 0 aliphatic carbocycles. The van der Waals surface area contributed by atoms with Crippen LogP contribution in [-0.2, 0) is 0 Å². The van der Waals surface area contributed by atoms with Gasteiger partial charge in [0, 0.05) is 92.5 Å². The van der Waals surface area contributed by atoms with E-state index in [1.165, 1.54) is 22.3 Å². The van der Waals surface area contributed by atoms with Gasteiger partial charge in [0.05, 0.1) is 22.1 Å². The van der Waals surface area contributed by atoms with E-state index in [1.54, 1.807) is 18.2 Å². The van der Waals surface area contributed by atoms with Crippen molar-refractivity contribution in [1.82, 2.24) is 49.4 Å². The number of amides is 2. The maximum atomic E-state index is 12.5. The first-order valence-corrected chi connectivity index (χ1v) is 31.3. The summed E-state index contributed by atoms with van der Waals surface area (Å²) in [6.45, 7) is 14.2. The minimum Gasteiger partial charge on any atom is -0.508 e. The number of halogens is 1. The number of carbonyl (C=O) groups excluding carboxylic acids is 2. The second kappa shape index (κ2) is 29.8. The van der Waals surface area contributed by atoms with Crippen LogP contribution in [0.4, 0.5) is 0 Å². The third-order valence-electron chi connectivity index (χ3n) is 16.8. The van der Waals surface area contributed by atoms with Crippen molar-refractivity contribution < 1.29 is 19.4 Å². The lowest BCUT2D eigenvalue weighted by molar-refractivity contribution is 0.0934. The van der Waals surface area contributed by atoms with Crippen LogP contribution in [0.1, 0.15) is 99.8 Å². The number of allylic oxidation sites excluding steroid dienone is 1. The SMILES string of the molecule is CC/C(=C(\c1ccc(O)cc1)c1ccc(OCCN(C)C)cc1)c1ccccc1.Cc1ccc(C(=O)NCCN2CCC(n3c(=O)[nH]c4cc(Cl)ccc43)CC2)cc1.Cc1ccc2[nH]c(C(=O)NCCN3CCC(n4c(=O)[nH]c5ccccc54)CC3)cc2c1. The number of carbonyl (C=O) groups is 2. The number of aryl methyl sites for hydroxylation is 2. The molecule has 5 heterocycles. The second-order valence-electron chi connectivity index (χ2n) is 23.4. The molecule has 0 bridgehead atoms. The van der Waals surface area contributed by atoms with Gasteiger partial charge in [-0.2, -0.15) is 0 Å². The Morgan fingerprint density at radius 1 is 0.584 bits per heavy atom. The van der Waals surface area contributed by atoms with Crippen LogP contribution in [0.5, 0.6) is 11.5 Å². The highest BCUT2D eigenvalue weighted by Crippen LogP contribution is 2.36. The van der Waals surface area contributed by atoms with Crippen molar-refractivity contribution >= 4 is 67.5 Å². The molecular formula is C72H81ClN10O6. The number of para-hydroxylation sites is 2. The summed E-state index contributed by atoms with van der Waals surface area (Å²) >= 11 is 6.03. The molecule has 6 N–H and O–H groups in total. The van der Waals surface area contributed by atoms with Gasteiger partial charge in [0.1, 0.15) is 23.8 Å². The van der Waals surface area contributed by atoms with Crippen LogP contribution in [0.3, 0.4) is 0 Å². The molecular weight excluding hydrogens is 1140 g/mol. The van der Waals surface area contributed by atoms with Gasteiger partial charge in [0.15, 0.2) is 0 Å². The normalized spacial score (nSPS) is 14.5. The van der Waals surface area contributed by atoms with Crippen molar-refractivity contribution in [2.75, 3.05) is 79.6 Å². The van der Waals surface area contributed by atoms with Crippen molar-refractivity contribution in [2.24, 2.45) is 0 Å². The molecule has 12 rings (SSSR count). The number of rotatable bonds is 18. The number of piperidine rings is 2. The maximum absolute atomic E-state index is 12.5. The number of benzene rings is 7. The zero-order valence-electron chi connectivity index (χ0n) is 51.5. The standard InChI is InChI=1S/C26H29NO2.C24H27N5O2.C22H25ClN4O2/c1-4-25(20-8-6-5-7-9-20)26(21-10-14-23(28)15-11-21)22-12-16-24(17-13-22)29-19-18-27(2)3;1-16-6-7-19-17(14-16)15-21(26-19)23(30)25-10-13-28-11-8-18(9-12-28)29-22-5-3-2-4-20(22)27-24(29)31;1-15-2-4-16(5-3-15)21(28)24-10-13-26-11-8-18(9-12-26)27-20-7-6-17(23)14-19(20)25-22(27)29/h5-17,28H,4,18-19H2,1-3H3;2-7,14-15,18,26H,8-13H2,1H3,(H,25,30)(H,27,31);2-7,14,18H,8-13H2,1H3,(H,24,28)(H,25,29)/b26-25-;;. The topological polar surface area (TPSA) is 189 Å². The highest BCUT2D eigenvalue weighted by Gasteiger charge is 2.26. The van der Waals surface area contributed by atoms with E-state index in [9.17, 15) is 24.3 Å². The molecule has 0 spiro atoms.